The minimum atomic E-state index is -1.76. The summed E-state index contributed by atoms with van der Waals surface area (Å²) in [5, 5.41) is 31.6. The molecular formula is C24H25N3O6. The Morgan fingerprint density at radius 3 is 2.24 bits per heavy atom. The molecule has 2 atom stereocenters. The fourth-order valence-corrected chi connectivity index (χ4v) is 3.84. The maximum Gasteiger partial charge on any atom is 0.407 e. The number of amides is 2. The number of benzene rings is 2. The molecule has 1 aliphatic carbocycles. The van der Waals surface area contributed by atoms with Crippen LogP contribution in [-0.4, -0.2) is 53.5 Å². The number of nitriles is 1. The van der Waals surface area contributed by atoms with Gasteiger partial charge in [-0.15, -0.1) is 0 Å². The van der Waals surface area contributed by atoms with Crippen molar-refractivity contribution >= 4 is 18.0 Å². The zero-order valence-electron chi connectivity index (χ0n) is 17.9. The highest BCUT2D eigenvalue weighted by Gasteiger charge is 2.30. The van der Waals surface area contributed by atoms with Crippen LogP contribution in [0.4, 0.5) is 4.79 Å². The lowest BCUT2D eigenvalue weighted by Crippen LogP contribution is -2.49. The summed E-state index contributed by atoms with van der Waals surface area (Å²) in [6.45, 7) is -0.431. The SMILES string of the molecule is N#CCCCC(NC(=O)OCC1c2ccccc2-c2ccccc21)C(=O)NCC(O)C(=O)O. The van der Waals surface area contributed by atoms with Crippen LogP contribution in [-0.2, 0) is 14.3 Å². The number of aliphatic hydroxyl groups excluding tert-OH is 1. The molecule has 0 fully saturated rings. The number of nitrogens with zero attached hydrogens (tertiary/aromatic N) is 1. The van der Waals surface area contributed by atoms with E-state index in [4.69, 9.17) is 15.1 Å². The van der Waals surface area contributed by atoms with E-state index in [1.165, 1.54) is 0 Å². The lowest BCUT2D eigenvalue weighted by atomic mass is 9.98. The maximum atomic E-state index is 12.5. The van der Waals surface area contributed by atoms with Crippen LogP contribution in [0.3, 0.4) is 0 Å². The van der Waals surface area contributed by atoms with Crippen molar-refractivity contribution in [1.29, 1.82) is 5.26 Å². The van der Waals surface area contributed by atoms with Gasteiger partial charge in [-0.3, -0.25) is 4.79 Å². The number of carbonyl (C=O) groups excluding carboxylic acids is 2. The van der Waals surface area contributed by atoms with E-state index in [1.807, 2.05) is 54.6 Å². The third kappa shape index (κ3) is 5.87. The second-order valence-electron chi connectivity index (χ2n) is 7.67. The summed E-state index contributed by atoms with van der Waals surface area (Å²) in [4.78, 5) is 35.6. The number of carbonyl (C=O) groups is 3. The number of fused-ring (bicyclic) bond motifs is 3. The number of nitrogens with one attached hydrogen (secondary N) is 2. The van der Waals surface area contributed by atoms with Crippen molar-refractivity contribution in [2.45, 2.75) is 37.3 Å². The summed E-state index contributed by atoms with van der Waals surface area (Å²) in [7, 11) is 0. The quantitative estimate of drug-likeness (QED) is 0.404. The number of aliphatic carboxylic acids is 1. The molecular weight excluding hydrogens is 426 g/mol. The van der Waals surface area contributed by atoms with Crippen LogP contribution < -0.4 is 10.6 Å². The van der Waals surface area contributed by atoms with Crippen LogP contribution in [0.2, 0.25) is 0 Å². The molecule has 3 rings (SSSR count). The van der Waals surface area contributed by atoms with E-state index in [0.29, 0.717) is 6.42 Å². The Morgan fingerprint density at radius 2 is 1.67 bits per heavy atom. The van der Waals surface area contributed by atoms with Crippen molar-refractivity contribution in [2.75, 3.05) is 13.2 Å². The first-order valence-corrected chi connectivity index (χ1v) is 10.6. The van der Waals surface area contributed by atoms with Gasteiger partial charge in [0.2, 0.25) is 5.91 Å². The largest absolute Gasteiger partial charge is 0.479 e. The molecule has 0 spiro atoms. The minimum absolute atomic E-state index is 0.0735. The molecule has 0 heterocycles. The fraction of sp³-hybridized carbons (Fsp3) is 0.333. The van der Waals surface area contributed by atoms with E-state index >= 15 is 0 Å². The van der Waals surface area contributed by atoms with Crippen molar-refractivity contribution in [1.82, 2.24) is 10.6 Å². The first-order valence-electron chi connectivity index (χ1n) is 10.6. The molecule has 2 amide bonds. The fourth-order valence-electron chi connectivity index (χ4n) is 3.84. The molecule has 0 saturated carbocycles. The molecule has 172 valence electrons. The number of unbranched alkanes of at least 4 members (excludes halogenated alkanes) is 1. The number of carboxylic acids is 1. The average Bonchev–Trinajstić information content (AvgIpc) is 3.14. The summed E-state index contributed by atoms with van der Waals surface area (Å²) in [5.74, 6) is -2.28. The Bertz CT molecular complexity index is 1020. The number of hydrogen-bond acceptors (Lipinski definition) is 6. The van der Waals surface area contributed by atoms with Crippen molar-refractivity contribution in [3.05, 3.63) is 59.7 Å². The molecule has 0 radical (unpaired) electrons. The average molecular weight is 451 g/mol. The molecule has 0 saturated heterocycles. The zero-order chi connectivity index (χ0) is 23.8. The van der Waals surface area contributed by atoms with Crippen molar-refractivity contribution in [3.63, 3.8) is 0 Å². The summed E-state index contributed by atoms with van der Waals surface area (Å²) < 4.78 is 5.45. The van der Waals surface area contributed by atoms with E-state index in [1.54, 1.807) is 0 Å². The minimum Gasteiger partial charge on any atom is -0.479 e. The van der Waals surface area contributed by atoms with Gasteiger partial charge in [0, 0.05) is 12.3 Å². The standard InChI is InChI=1S/C24H25N3O6/c25-12-6-5-11-20(22(29)26-13-21(28)23(30)31)27-24(32)33-14-19-17-9-3-1-7-15(17)16-8-2-4-10-18(16)19/h1-4,7-10,19-21,28H,5-6,11,13-14H2,(H,26,29)(H,27,32)(H,30,31). The van der Waals surface area contributed by atoms with Gasteiger partial charge in [0.15, 0.2) is 6.10 Å². The normalized spacial score (nSPS) is 13.7. The number of carboxylic acid groups (broad SMARTS) is 1. The summed E-state index contributed by atoms with van der Waals surface area (Å²) in [5.41, 5.74) is 4.29. The smallest absolute Gasteiger partial charge is 0.407 e. The molecule has 2 aromatic carbocycles. The highest BCUT2D eigenvalue weighted by molar-refractivity contribution is 5.86. The zero-order valence-corrected chi connectivity index (χ0v) is 17.9. The Balaban J connectivity index is 1.62. The van der Waals surface area contributed by atoms with Crippen molar-refractivity contribution in [3.8, 4) is 17.2 Å². The van der Waals surface area contributed by atoms with Crippen molar-refractivity contribution < 1.29 is 29.3 Å². The van der Waals surface area contributed by atoms with Crippen molar-refractivity contribution in [2.24, 2.45) is 0 Å². The van der Waals surface area contributed by atoms with Crippen LogP contribution in [0.15, 0.2) is 48.5 Å². The Labute approximate surface area is 191 Å². The van der Waals surface area contributed by atoms with Gasteiger partial charge in [0.1, 0.15) is 12.6 Å². The number of rotatable bonds is 10. The maximum absolute atomic E-state index is 12.5. The second-order valence-corrected chi connectivity index (χ2v) is 7.67. The summed E-state index contributed by atoms with van der Waals surface area (Å²) in [6.07, 6.45) is -1.86. The van der Waals surface area contributed by atoms with Crippen LogP contribution >= 0.6 is 0 Å². The Kier molecular flexibility index (Phi) is 8.00. The number of hydrogen-bond donors (Lipinski definition) is 4. The van der Waals surface area contributed by atoms with E-state index in [9.17, 15) is 19.5 Å². The monoisotopic (exact) mass is 451 g/mol. The Hall–Kier alpha value is -3.90. The van der Waals surface area contributed by atoms with Gasteiger partial charge in [-0.25, -0.2) is 9.59 Å². The first-order chi connectivity index (χ1) is 15.9. The van der Waals surface area contributed by atoms with Gasteiger partial charge >= 0.3 is 12.1 Å². The molecule has 4 N–H and O–H groups in total. The molecule has 33 heavy (non-hydrogen) atoms. The summed E-state index contributed by atoms with van der Waals surface area (Å²) in [6, 6.07) is 16.7. The third-order valence-corrected chi connectivity index (χ3v) is 5.49. The van der Waals surface area contributed by atoms with Gasteiger partial charge in [0.25, 0.3) is 0 Å². The Morgan fingerprint density at radius 1 is 1.06 bits per heavy atom. The number of aliphatic hydroxyl groups is 1. The highest BCUT2D eigenvalue weighted by atomic mass is 16.5. The topological polar surface area (TPSA) is 149 Å². The molecule has 0 aliphatic heterocycles. The second kappa shape index (κ2) is 11.1. The molecule has 0 aromatic heterocycles. The van der Waals surface area contributed by atoms with Gasteiger partial charge in [-0.05, 0) is 35.1 Å². The predicted molar refractivity (Wildman–Crippen MR) is 118 cm³/mol. The molecule has 1 aliphatic rings. The van der Waals surface area contributed by atoms with Gasteiger partial charge in [-0.1, -0.05) is 48.5 Å². The van der Waals surface area contributed by atoms with Crippen LogP contribution in [0.25, 0.3) is 11.1 Å². The van der Waals surface area contributed by atoms with Gasteiger partial charge in [-0.2, -0.15) is 5.26 Å². The lowest BCUT2D eigenvalue weighted by Gasteiger charge is -2.20. The van der Waals surface area contributed by atoms with E-state index in [-0.39, 0.29) is 25.4 Å². The van der Waals surface area contributed by atoms with E-state index in [2.05, 4.69) is 10.6 Å². The van der Waals surface area contributed by atoms with Gasteiger partial charge < -0.3 is 25.6 Å². The number of alkyl carbamates (subject to hydrolysis) is 1. The molecule has 9 heteroatoms. The van der Waals surface area contributed by atoms with Gasteiger partial charge in [0.05, 0.1) is 12.6 Å². The van der Waals surface area contributed by atoms with Crippen LogP contribution in [0, 0.1) is 11.3 Å². The molecule has 0 bridgehead atoms. The lowest BCUT2D eigenvalue weighted by molar-refractivity contribution is -0.146. The molecule has 2 aromatic rings. The van der Waals surface area contributed by atoms with Crippen LogP contribution in [0.1, 0.15) is 36.3 Å². The van der Waals surface area contributed by atoms with E-state index < -0.39 is 36.7 Å². The molecule has 2 unspecified atom stereocenters. The predicted octanol–water partition coefficient (Wildman–Crippen LogP) is 2.15. The highest BCUT2D eigenvalue weighted by Crippen LogP contribution is 2.44. The van der Waals surface area contributed by atoms with Crippen LogP contribution in [0.5, 0.6) is 0 Å². The van der Waals surface area contributed by atoms with E-state index in [0.717, 1.165) is 22.3 Å². The molecule has 9 nitrogen and oxygen atoms in total. The first kappa shape index (κ1) is 23.8. The third-order valence-electron chi connectivity index (χ3n) is 5.49. The number of ether oxygens (including phenoxy) is 1. The summed E-state index contributed by atoms with van der Waals surface area (Å²) >= 11 is 0.